The molecule has 2 aliphatic heterocycles. The molecule has 1 saturated heterocycles. The first-order valence-electron chi connectivity index (χ1n) is 11.3. The van der Waals surface area contributed by atoms with E-state index in [0.29, 0.717) is 19.5 Å². The van der Waals surface area contributed by atoms with Gasteiger partial charge in [-0.25, -0.2) is 4.79 Å². The van der Waals surface area contributed by atoms with Crippen LogP contribution in [0.2, 0.25) is 0 Å². The number of nitrogens with one attached hydrogen (secondary N) is 2. The molecule has 0 spiro atoms. The van der Waals surface area contributed by atoms with Crippen LogP contribution >= 0.6 is 0 Å². The predicted molar refractivity (Wildman–Crippen MR) is 130 cm³/mol. The molecule has 4 rings (SSSR count). The van der Waals surface area contributed by atoms with Crippen molar-refractivity contribution in [3.8, 4) is 11.8 Å². The van der Waals surface area contributed by atoms with Crippen molar-refractivity contribution in [3.63, 3.8) is 0 Å². The van der Waals surface area contributed by atoms with E-state index >= 15 is 0 Å². The van der Waals surface area contributed by atoms with Crippen LogP contribution in [-0.2, 0) is 23.3 Å². The number of aryl methyl sites for hydroxylation is 1. The third kappa shape index (κ3) is 4.50. The monoisotopic (exact) mass is 442 g/mol. The number of nitrogens with zero attached hydrogens (tertiary/aromatic N) is 2. The number of urea groups is 1. The molecular weight excluding hydrogens is 412 g/mol. The van der Waals surface area contributed by atoms with E-state index in [2.05, 4.69) is 59.1 Å². The summed E-state index contributed by atoms with van der Waals surface area (Å²) in [6.45, 7) is 8.45. The number of fused-ring (bicyclic) bond motifs is 1. The van der Waals surface area contributed by atoms with Gasteiger partial charge in [0.1, 0.15) is 5.54 Å². The Labute approximate surface area is 195 Å². The summed E-state index contributed by atoms with van der Waals surface area (Å²) in [6.07, 6.45) is 1.43. The first kappa shape index (κ1) is 22.6. The third-order valence-corrected chi connectivity index (χ3v) is 6.34. The fourth-order valence-electron chi connectivity index (χ4n) is 4.42. The second-order valence-corrected chi connectivity index (χ2v) is 8.89. The van der Waals surface area contributed by atoms with E-state index in [1.54, 1.807) is 0 Å². The molecule has 1 fully saturated rings. The van der Waals surface area contributed by atoms with Gasteiger partial charge >= 0.3 is 6.03 Å². The normalized spacial score (nSPS) is 19.3. The number of hydrogen-bond donors (Lipinski definition) is 2. The molecule has 33 heavy (non-hydrogen) atoms. The number of hydrogen-bond acceptors (Lipinski definition) is 4. The Bertz CT molecular complexity index is 1160. The third-order valence-electron chi connectivity index (χ3n) is 6.34. The molecule has 2 aromatic carbocycles. The van der Waals surface area contributed by atoms with Gasteiger partial charge in [0.15, 0.2) is 0 Å². The van der Waals surface area contributed by atoms with Crippen molar-refractivity contribution in [2.24, 2.45) is 0 Å². The Balaban J connectivity index is 1.54. The van der Waals surface area contributed by atoms with Gasteiger partial charge in [-0.15, -0.1) is 0 Å². The number of carbonyl (C=O) groups is 2. The molecule has 0 aromatic heterocycles. The van der Waals surface area contributed by atoms with E-state index in [9.17, 15) is 9.59 Å². The molecule has 3 amide bonds. The van der Waals surface area contributed by atoms with Crippen LogP contribution in [0.15, 0.2) is 49.0 Å². The summed E-state index contributed by atoms with van der Waals surface area (Å²) in [5.41, 5.74) is 5.18. The maximum absolute atomic E-state index is 13.0. The van der Waals surface area contributed by atoms with Gasteiger partial charge in [-0.05, 0) is 49.3 Å². The van der Waals surface area contributed by atoms with Crippen molar-refractivity contribution in [2.45, 2.75) is 31.8 Å². The predicted octanol–water partition coefficient (Wildman–Crippen LogP) is 3.07. The Morgan fingerprint density at radius 1 is 1.15 bits per heavy atom. The van der Waals surface area contributed by atoms with Crippen LogP contribution in [0.1, 0.15) is 41.2 Å². The van der Waals surface area contributed by atoms with Crippen molar-refractivity contribution in [1.82, 2.24) is 20.4 Å². The summed E-state index contributed by atoms with van der Waals surface area (Å²) >= 11 is 0. The quantitative estimate of drug-likeness (QED) is 0.533. The molecule has 2 aromatic rings. The van der Waals surface area contributed by atoms with Crippen molar-refractivity contribution in [2.75, 3.05) is 27.2 Å². The Hall–Kier alpha value is -3.56. The lowest BCUT2D eigenvalue weighted by Gasteiger charge is -2.30. The summed E-state index contributed by atoms with van der Waals surface area (Å²) < 4.78 is 0. The molecule has 0 bridgehead atoms. The molecule has 1 unspecified atom stereocenters. The largest absolute Gasteiger partial charge is 0.367 e. The number of amides is 3. The Morgan fingerprint density at radius 2 is 1.91 bits per heavy atom. The molecule has 2 N–H and O–H groups in total. The highest BCUT2D eigenvalue weighted by molar-refractivity contribution is 6.07. The fourth-order valence-corrected chi connectivity index (χ4v) is 4.42. The average molecular weight is 443 g/mol. The van der Waals surface area contributed by atoms with Crippen LogP contribution in [-0.4, -0.2) is 48.9 Å². The zero-order valence-corrected chi connectivity index (χ0v) is 19.5. The maximum atomic E-state index is 13.0. The van der Waals surface area contributed by atoms with Crippen LogP contribution in [0.5, 0.6) is 0 Å². The van der Waals surface area contributed by atoms with E-state index in [1.807, 2.05) is 43.3 Å². The lowest BCUT2D eigenvalue weighted by Crippen LogP contribution is -2.45. The van der Waals surface area contributed by atoms with Crippen molar-refractivity contribution >= 4 is 17.6 Å². The average Bonchev–Trinajstić information content (AvgIpc) is 3.27. The highest BCUT2D eigenvalue weighted by Crippen LogP contribution is 2.35. The topological polar surface area (TPSA) is 64.7 Å². The lowest BCUT2D eigenvalue weighted by molar-refractivity contribution is -0.124. The van der Waals surface area contributed by atoms with Crippen LogP contribution in [0.25, 0.3) is 5.70 Å². The summed E-state index contributed by atoms with van der Waals surface area (Å²) in [5, 5.41) is 5.31. The van der Waals surface area contributed by atoms with Crippen LogP contribution < -0.4 is 10.6 Å². The molecule has 0 radical (unpaired) electrons. The minimum absolute atomic E-state index is 0.325. The number of benzene rings is 2. The van der Waals surface area contributed by atoms with Gasteiger partial charge in [0.05, 0.1) is 6.54 Å². The van der Waals surface area contributed by atoms with Gasteiger partial charge in [-0.2, -0.15) is 0 Å². The minimum Gasteiger partial charge on any atom is -0.367 e. The number of carbonyl (C=O) groups excluding carboxylic acids is 2. The van der Waals surface area contributed by atoms with E-state index < -0.39 is 11.6 Å². The van der Waals surface area contributed by atoms with Gasteiger partial charge in [-0.3, -0.25) is 15.0 Å². The summed E-state index contributed by atoms with van der Waals surface area (Å²) in [7, 11) is 3.94. The first-order valence-corrected chi connectivity index (χ1v) is 11.3. The number of rotatable bonds is 6. The summed E-state index contributed by atoms with van der Waals surface area (Å²) in [6, 6.07) is 13.6. The molecule has 1 atom stereocenters. The van der Waals surface area contributed by atoms with Gasteiger partial charge < -0.3 is 10.2 Å². The van der Waals surface area contributed by atoms with Crippen molar-refractivity contribution < 1.29 is 9.59 Å². The SMILES string of the molecule is C=C1c2ccc(CC)cc2CN1CCC1(c2ccc(C#CCN(C)C)cc2)NC(=O)NC1=O. The van der Waals surface area contributed by atoms with Gasteiger partial charge in [0.25, 0.3) is 5.91 Å². The standard InChI is InChI=1S/C27H30N4O2/c1-5-20-10-13-24-19(2)31(18-22(24)17-20)16-14-27(25(32)28-26(33)29-27)23-11-8-21(9-12-23)7-6-15-30(3)4/h8-13,17H,2,5,14-16,18H2,1,3-4H3,(H2,28,29,32,33). The lowest BCUT2D eigenvalue weighted by atomic mass is 9.86. The van der Waals surface area contributed by atoms with Gasteiger partial charge in [0.2, 0.25) is 0 Å². The summed E-state index contributed by atoms with van der Waals surface area (Å²) in [4.78, 5) is 29.3. The van der Waals surface area contributed by atoms with Crippen molar-refractivity contribution in [3.05, 3.63) is 76.9 Å². The minimum atomic E-state index is -1.11. The van der Waals surface area contributed by atoms with Crippen LogP contribution in [0.4, 0.5) is 4.79 Å². The highest BCUT2D eigenvalue weighted by atomic mass is 16.2. The zero-order chi connectivity index (χ0) is 23.6. The van der Waals surface area contributed by atoms with Gasteiger partial charge in [0, 0.05) is 36.3 Å². The molecule has 2 aliphatic rings. The Morgan fingerprint density at radius 3 is 2.55 bits per heavy atom. The van der Waals surface area contributed by atoms with Crippen LogP contribution in [0.3, 0.4) is 0 Å². The second kappa shape index (κ2) is 9.13. The first-order chi connectivity index (χ1) is 15.8. The Kier molecular flexibility index (Phi) is 6.26. The van der Waals surface area contributed by atoms with Gasteiger partial charge in [-0.1, -0.05) is 55.7 Å². The number of imide groups is 1. The second-order valence-electron chi connectivity index (χ2n) is 8.89. The van der Waals surface area contributed by atoms with E-state index in [-0.39, 0.29) is 5.91 Å². The molecule has 6 heteroatoms. The summed E-state index contributed by atoms with van der Waals surface area (Å²) in [5.74, 6) is 5.91. The maximum Gasteiger partial charge on any atom is 0.322 e. The van der Waals surface area contributed by atoms with Crippen LogP contribution in [0, 0.1) is 11.8 Å². The highest BCUT2D eigenvalue weighted by Gasteiger charge is 2.47. The molecular formula is C27H30N4O2. The van der Waals surface area contributed by atoms with E-state index in [4.69, 9.17) is 0 Å². The molecule has 0 saturated carbocycles. The smallest absolute Gasteiger partial charge is 0.322 e. The zero-order valence-electron chi connectivity index (χ0n) is 19.5. The van der Waals surface area contributed by atoms with E-state index in [0.717, 1.165) is 35.4 Å². The molecule has 170 valence electrons. The van der Waals surface area contributed by atoms with E-state index in [1.165, 1.54) is 11.1 Å². The fraction of sp³-hybridized carbons (Fsp3) is 0.333. The van der Waals surface area contributed by atoms with Crippen molar-refractivity contribution in [1.29, 1.82) is 0 Å². The molecule has 6 nitrogen and oxygen atoms in total. The molecule has 0 aliphatic carbocycles. The molecule has 2 heterocycles.